The lowest BCUT2D eigenvalue weighted by molar-refractivity contribution is 0.795. The molecule has 0 aliphatic heterocycles. The number of nitrogens with one attached hydrogen (secondary N) is 1. The Hall–Kier alpha value is -1.49. The van der Waals surface area contributed by atoms with Gasteiger partial charge < -0.3 is 4.98 Å². The molecule has 2 aromatic heterocycles. The third-order valence-electron chi connectivity index (χ3n) is 1.90. The highest BCUT2D eigenvalue weighted by Crippen LogP contribution is 2.08. The van der Waals surface area contributed by atoms with Gasteiger partial charge in [-0.15, -0.1) is 0 Å². The molecular formula is C9H10N4S. The van der Waals surface area contributed by atoms with Crippen molar-refractivity contribution in [3.63, 3.8) is 0 Å². The Kier molecular flexibility index (Phi) is 2.17. The minimum Gasteiger partial charge on any atom is -0.348 e. The van der Waals surface area contributed by atoms with Gasteiger partial charge >= 0.3 is 0 Å². The minimum atomic E-state index is 0.596. The molecule has 72 valence electrons. The van der Waals surface area contributed by atoms with Crippen molar-refractivity contribution in [2.24, 2.45) is 0 Å². The van der Waals surface area contributed by atoms with E-state index in [1.807, 2.05) is 19.9 Å². The fourth-order valence-electron chi connectivity index (χ4n) is 1.34. The van der Waals surface area contributed by atoms with Crippen LogP contribution in [-0.2, 0) is 0 Å². The highest BCUT2D eigenvalue weighted by molar-refractivity contribution is 7.71. The van der Waals surface area contributed by atoms with Crippen LogP contribution in [0.1, 0.15) is 11.4 Å². The predicted octanol–water partition coefficient (Wildman–Crippen LogP) is 1.94. The molecule has 5 heteroatoms. The van der Waals surface area contributed by atoms with Crippen LogP contribution in [0.2, 0.25) is 0 Å². The van der Waals surface area contributed by atoms with Crippen molar-refractivity contribution in [2.45, 2.75) is 13.8 Å². The average molecular weight is 206 g/mol. The van der Waals surface area contributed by atoms with E-state index in [-0.39, 0.29) is 0 Å². The van der Waals surface area contributed by atoms with Gasteiger partial charge in [0, 0.05) is 18.1 Å². The van der Waals surface area contributed by atoms with Crippen molar-refractivity contribution in [3.05, 3.63) is 34.5 Å². The summed E-state index contributed by atoms with van der Waals surface area (Å²) in [4.78, 5) is 7.11. The van der Waals surface area contributed by atoms with Crippen LogP contribution in [0.3, 0.4) is 0 Å². The van der Waals surface area contributed by atoms with Gasteiger partial charge in [0.25, 0.3) is 0 Å². The number of hydrogen-bond acceptors (Lipinski definition) is 3. The largest absolute Gasteiger partial charge is 0.348 e. The SMILES string of the molecule is Cc1cc(C)n(-c2ncc[nH]c2=S)n1. The first-order valence-corrected chi connectivity index (χ1v) is 4.66. The van der Waals surface area contributed by atoms with E-state index in [4.69, 9.17) is 12.2 Å². The Morgan fingerprint density at radius 1 is 1.43 bits per heavy atom. The lowest BCUT2D eigenvalue weighted by atomic mass is 10.4. The zero-order valence-electron chi connectivity index (χ0n) is 7.98. The Bertz CT molecular complexity index is 512. The van der Waals surface area contributed by atoms with Gasteiger partial charge in [-0.05, 0) is 19.9 Å². The Morgan fingerprint density at radius 2 is 2.21 bits per heavy atom. The van der Waals surface area contributed by atoms with E-state index in [1.54, 1.807) is 17.1 Å². The second kappa shape index (κ2) is 3.34. The maximum Gasteiger partial charge on any atom is 0.188 e. The summed E-state index contributed by atoms with van der Waals surface area (Å²) < 4.78 is 2.34. The van der Waals surface area contributed by atoms with Gasteiger partial charge in [-0.25, -0.2) is 9.67 Å². The normalized spacial score (nSPS) is 10.4. The van der Waals surface area contributed by atoms with Crippen molar-refractivity contribution in [2.75, 3.05) is 0 Å². The monoisotopic (exact) mass is 206 g/mol. The van der Waals surface area contributed by atoms with Crippen molar-refractivity contribution >= 4 is 12.2 Å². The molecule has 0 aliphatic rings. The highest BCUT2D eigenvalue weighted by atomic mass is 32.1. The Morgan fingerprint density at radius 3 is 2.79 bits per heavy atom. The van der Waals surface area contributed by atoms with Gasteiger partial charge in [-0.2, -0.15) is 5.10 Å². The van der Waals surface area contributed by atoms with Gasteiger partial charge in [0.2, 0.25) is 0 Å². The molecule has 2 rings (SSSR count). The van der Waals surface area contributed by atoms with Crippen LogP contribution in [-0.4, -0.2) is 19.7 Å². The standard InChI is InChI=1S/C9H10N4S/c1-6-5-7(2)13(12-6)8-9(14)11-4-3-10-8/h3-5H,1-2H3,(H,11,14). The number of nitrogens with zero attached hydrogens (tertiary/aromatic N) is 3. The summed E-state index contributed by atoms with van der Waals surface area (Å²) in [5, 5.41) is 4.31. The molecule has 14 heavy (non-hydrogen) atoms. The summed E-state index contributed by atoms with van der Waals surface area (Å²) in [5.41, 5.74) is 1.99. The summed E-state index contributed by atoms with van der Waals surface area (Å²) in [7, 11) is 0. The zero-order chi connectivity index (χ0) is 10.1. The summed E-state index contributed by atoms with van der Waals surface area (Å²) in [6.07, 6.45) is 3.37. The minimum absolute atomic E-state index is 0.596. The van der Waals surface area contributed by atoms with Gasteiger partial charge in [0.05, 0.1) is 5.69 Å². The number of aromatic nitrogens is 4. The Balaban J connectivity index is 2.66. The van der Waals surface area contributed by atoms with E-state index in [2.05, 4.69) is 15.1 Å². The molecule has 0 spiro atoms. The molecule has 0 saturated carbocycles. The van der Waals surface area contributed by atoms with E-state index in [9.17, 15) is 0 Å². The van der Waals surface area contributed by atoms with E-state index >= 15 is 0 Å². The molecule has 0 radical (unpaired) electrons. The van der Waals surface area contributed by atoms with Gasteiger partial charge in [0.15, 0.2) is 5.82 Å². The third-order valence-corrected chi connectivity index (χ3v) is 2.20. The molecule has 0 bridgehead atoms. The molecule has 0 unspecified atom stereocenters. The topological polar surface area (TPSA) is 46.5 Å². The maximum absolute atomic E-state index is 5.12. The first-order valence-electron chi connectivity index (χ1n) is 4.26. The molecular weight excluding hydrogens is 196 g/mol. The molecule has 0 atom stereocenters. The smallest absolute Gasteiger partial charge is 0.188 e. The van der Waals surface area contributed by atoms with Crippen molar-refractivity contribution in [1.82, 2.24) is 19.7 Å². The average Bonchev–Trinajstić information content (AvgIpc) is 2.46. The molecule has 4 nitrogen and oxygen atoms in total. The quantitative estimate of drug-likeness (QED) is 0.725. The van der Waals surface area contributed by atoms with Crippen LogP contribution < -0.4 is 0 Å². The summed E-state index contributed by atoms with van der Waals surface area (Å²) in [5.74, 6) is 0.674. The first kappa shape index (κ1) is 9.08. The fraction of sp³-hybridized carbons (Fsp3) is 0.222. The summed E-state index contributed by atoms with van der Waals surface area (Å²) in [6, 6.07) is 1.99. The molecule has 2 heterocycles. The van der Waals surface area contributed by atoms with Crippen LogP contribution in [0.4, 0.5) is 0 Å². The second-order valence-electron chi connectivity index (χ2n) is 3.08. The Labute approximate surface area is 86.6 Å². The van der Waals surface area contributed by atoms with Crippen LogP contribution >= 0.6 is 12.2 Å². The van der Waals surface area contributed by atoms with E-state index < -0.39 is 0 Å². The molecule has 1 N–H and O–H groups in total. The zero-order valence-corrected chi connectivity index (χ0v) is 8.80. The molecule has 0 amide bonds. The van der Waals surface area contributed by atoms with Crippen molar-refractivity contribution in [3.8, 4) is 5.82 Å². The lowest BCUT2D eigenvalue weighted by Crippen LogP contribution is -2.03. The molecule has 0 saturated heterocycles. The number of aryl methyl sites for hydroxylation is 2. The van der Waals surface area contributed by atoms with Crippen LogP contribution in [0.15, 0.2) is 18.5 Å². The van der Waals surface area contributed by atoms with Crippen molar-refractivity contribution < 1.29 is 0 Å². The van der Waals surface area contributed by atoms with E-state index in [0.717, 1.165) is 11.4 Å². The lowest BCUT2D eigenvalue weighted by Gasteiger charge is -2.01. The van der Waals surface area contributed by atoms with Gasteiger partial charge in [-0.1, -0.05) is 12.2 Å². The molecule has 0 aliphatic carbocycles. The number of aromatic amines is 1. The van der Waals surface area contributed by atoms with Gasteiger partial charge in [0.1, 0.15) is 4.64 Å². The summed E-state index contributed by atoms with van der Waals surface area (Å²) in [6.45, 7) is 3.92. The van der Waals surface area contributed by atoms with Crippen molar-refractivity contribution in [1.29, 1.82) is 0 Å². The molecule has 0 fully saturated rings. The summed E-state index contributed by atoms with van der Waals surface area (Å²) >= 11 is 5.12. The predicted molar refractivity (Wildman–Crippen MR) is 56.0 cm³/mol. The fourth-order valence-corrected chi connectivity index (χ4v) is 1.55. The van der Waals surface area contributed by atoms with Gasteiger partial charge in [-0.3, -0.25) is 0 Å². The number of rotatable bonds is 1. The van der Waals surface area contributed by atoms with Crippen LogP contribution in [0.5, 0.6) is 0 Å². The second-order valence-corrected chi connectivity index (χ2v) is 3.49. The van der Waals surface area contributed by atoms with E-state index in [1.165, 1.54) is 0 Å². The molecule has 2 aromatic rings. The van der Waals surface area contributed by atoms with Crippen LogP contribution in [0.25, 0.3) is 5.82 Å². The molecule has 0 aromatic carbocycles. The maximum atomic E-state index is 5.12. The first-order chi connectivity index (χ1) is 6.68. The van der Waals surface area contributed by atoms with Crippen LogP contribution in [0, 0.1) is 18.5 Å². The third kappa shape index (κ3) is 1.46. The number of hydrogen-bond donors (Lipinski definition) is 1. The van der Waals surface area contributed by atoms with E-state index in [0.29, 0.717) is 10.5 Å². The highest BCUT2D eigenvalue weighted by Gasteiger charge is 2.05. The number of H-pyrrole nitrogens is 1.